The van der Waals surface area contributed by atoms with Gasteiger partial charge in [0.25, 0.3) is 5.91 Å². The van der Waals surface area contributed by atoms with Crippen LogP contribution in [-0.4, -0.2) is 36.7 Å². The highest BCUT2D eigenvalue weighted by molar-refractivity contribution is 5.84. The molecule has 110 valence electrons. The first-order valence-corrected chi connectivity index (χ1v) is 6.27. The zero-order valence-corrected chi connectivity index (χ0v) is 11.8. The molecule has 20 heavy (non-hydrogen) atoms. The molecule has 0 unspecified atom stereocenters. The van der Waals surface area contributed by atoms with Crippen LogP contribution < -0.4 is 14.8 Å². The fraction of sp³-hybridized carbons (Fsp3) is 0.429. The van der Waals surface area contributed by atoms with Crippen LogP contribution in [0, 0.1) is 6.92 Å². The van der Waals surface area contributed by atoms with E-state index < -0.39 is 17.9 Å². The van der Waals surface area contributed by atoms with Crippen LogP contribution in [0.1, 0.15) is 18.9 Å². The van der Waals surface area contributed by atoms with E-state index in [-0.39, 0.29) is 6.61 Å². The molecule has 0 fully saturated rings. The summed E-state index contributed by atoms with van der Waals surface area (Å²) in [7, 11) is 1.51. The average molecular weight is 281 g/mol. The highest BCUT2D eigenvalue weighted by Crippen LogP contribution is 2.27. The second kappa shape index (κ2) is 7.37. The highest BCUT2D eigenvalue weighted by Gasteiger charge is 2.18. The fourth-order valence-electron chi connectivity index (χ4n) is 1.61. The van der Waals surface area contributed by atoms with E-state index >= 15 is 0 Å². The lowest BCUT2D eigenvalue weighted by atomic mass is 10.2. The lowest BCUT2D eigenvalue weighted by molar-refractivity contribution is -0.142. The van der Waals surface area contributed by atoms with Crippen molar-refractivity contribution in [1.29, 1.82) is 0 Å². The molecule has 0 spiro atoms. The van der Waals surface area contributed by atoms with E-state index in [0.29, 0.717) is 17.9 Å². The first-order chi connectivity index (χ1) is 9.47. The number of hydrogen-bond acceptors (Lipinski definition) is 4. The van der Waals surface area contributed by atoms with Gasteiger partial charge in [0.2, 0.25) is 0 Å². The van der Waals surface area contributed by atoms with Crippen LogP contribution >= 0.6 is 0 Å². The molecule has 0 bridgehead atoms. The molecule has 6 heteroatoms. The smallest absolute Gasteiger partial charge is 0.326 e. The summed E-state index contributed by atoms with van der Waals surface area (Å²) in [5, 5.41) is 11.2. The van der Waals surface area contributed by atoms with Crippen LogP contribution in [0.25, 0.3) is 0 Å². The standard InChI is InChI=1S/C14H19NO5/c1-4-10(14(17)18)15-13(16)8-20-11-6-5-9(2)7-12(11)19-3/h5-7,10H,4,8H2,1-3H3,(H,15,16)(H,17,18)/t10-/m1/s1. The van der Waals surface area contributed by atoms with Crippen LogP contribution in [0.15, 0.2) is 18.2 Å². The number of aryl methyl sites for hydroxylation is 1. The van der Waals surface area contributed by atoms with Gasteiger partial charge < -0.3 is 19.9 Å². The molecule has 0 aliphatic carbocycles. The van der Waals surface area contributed by atoms with E-state index in [1.807, 2.05) is 13.0 Å². The summed E-state index contributed by atoms with van der Waals surface area (Å²) in [6, 6.07) is 4.43. The largest absolute Gasteiger partial charge is 0.493 e. The molecule has 2 N–H and O–H groups in total. The van der Waals surface area contributed by atoms with E-state index in [9.17, 15) is 9.59 Å². The Balaban J connectivity index is 2.59. The second-order valence-electron chi connectivity index (χ2n) is 4.31. The summed E-state index contributed by atoms with van der Waals surface area (Å²) in [4.78, 5) is 22.4. The summed E-state index contributed by atoms with van der Waals surface area (Å²) in [6.45, 7) is 3.34. The number of amides is 1. The maximum Gasteiger partial charge on any atom is 0.326 e. The minimum Gasteiger partial charge on any atom is -0.493 e. The molecule has 6 nitrogen and oxygen atoms in total. The molecular weight excluding hydrogens is 262 g/mol. The Morgan fingerprint density at radius 2 is 2.05 bits per heavy atom. The molecule has 0 heterocycles. The van der Waals surface area contributed by atoms with Gasteiger partial charge in [-0.05, 0) is 31.0 Å². The fourth-order valence-corrected chi connectivity index (χ4v) is 1.61. The van der Waals surface area contributed by atoms with Crippen LogP contribution in [0.2, 0.25) is 0 Å². The van der Waals surface area contributed by atoms with Crippen molar-refractivity contribution in [2.45, 2.75) is 26.3 Å². The number of rotatable bonds is 7. The normalized spacial score (nSPS) is 11.6. The number of nitrogens with one attached hydrogen (secondary N) is 1. The van der Waals surface area contributed by atoms with Gasteiger partial charge in [0, 0.05) is 0 Å². The summed E-state index contributed by atoms with van der Waals surface area (Å²) in [6.07, 6.45) is 0.314. The Labute approximate surface area is 117 Å². The third-order valence-electron chi connectivity index (χ3n) is 2.72. The van der Waals surface area contributed by atoms with Crippen LogP contribution in [0.3, 0.4) is 0 Å². The molecule has 0 aromatic heterocycles. The maximum atomic E-state index is 11.6. The van der Waals surface area contributed by atoms with Crippen molar-refractivity contribution >= 4 is 11.9 Å². The van der Waals surface area contributed by atoms with Gasteiger partial charge in [-0.25, -0.2) is 4.79 Å². The number of carboxylic acid groups (broad SMARTS) is 1. The van der Waals surface area contributed by atoms with Crippen molar-refractivity contribution in [2.75, 3.05) is 13.7 Å². The molecule has 1 aromatic rings. The van der Waals surface area contributed by atoms with Crippen LogP contribution in [0.4, 0.5) is 0 Å². The molecule has 0 radical (unpaired) electrons. The van der Waals surface area contributed by atoms with Crippen molar-refractivity contribution < 1.29 is 24.2 Å². The number of benzene rings is 1. The number of carbonyl (C=O) groups is 2. The van der Waals surface area contributed by atoms with E-state index in [4.69, 9.17) is 14.6 Å². The number of carbonyl (C=O) groups excluding carboxylic acids is 1. The first kappa shape index (κ1) is 15.8. The van der Waals surface area contributed by atoms with Crippen molar-refractivity contribution in [3.63, 3.8) is 0 Å². The highest BCUT2D eigenvalue weighted by atomic mass is 16.5. The van der Waals surface area contributed by atoms with Crippen LogP contribution in [-0.2, 0) is 9.59 Å². The van der Waals surface area contributed by atoms with Crippen molar-refractivity contribution in [2.24, 2.45) is 0 Å². The molecule has 0 aliphatic heterocycles. The minimum atomic E-state index is -1.06. The van der Waals surface area contributed by atoms with E-state index in [1.54, 1.807) is 19.1 Å². The molecular formula is C14H19NO5. The predicted molar refractivity (Wildman–Crippen MR) is 73.1 cm³/mol. The molecule has 1 amide bonds. The van der Waals surface area contributed by atoms with Gasteiger partial charge >= 0.3 is 5.97 Å². The first-order valence-electron chi connectivity index (χ1n) is 6.27. The molecule has 0 saturated carbocycles. The van der Waals surface area contributed by atoms with E-state index in [2.05, 4.69) is 5.32 Å². The molecule has 1 atom stereocenters. The van der Waals surface area contributed by atoms with E-state index in [1.165, 1.54) is 7.11 Å². The summed E-state index contributed by atoms with van der Waals surface area (Å²) in [5.74, 6) is -0.574. The van der Waals surface area contributed by atoms with Gasteiger partial charge in [-0.3, -0.25) is 4.79 Å². The maximum absolute atomic E-state index is 11.6. The Morgan fingerprint density at radius 1 is 1.35 bits per heavy atom. The lowest BCUT2D eigenvalue weighted by Crippen LogP contribution is -2.42. The topological polar surface area (TPSA) is 84.9 Å². The third-order valence-corrected chi connectivity index (χ3v) is 2.72. The van der Waals surface area contributed by atoms with Crippen molar-refractivity contribution in [3.8, 4) is 11.5 Å². The summed E-state index contributed by atoms with van der Waals surface area (Å²) in [5.41, 5.74) is 1.01. The predicted octanol–water partition coefficient (Wildman–Crippen LogP) is 1.36. The van der Waals surface area contributed by atoms with Gasteiger partial charge in [-0.2, -0.15) is 0 Å². The minimum absolute atomic E-state index is 0.261. The van der Waals surface area contributed by atoms with Gasteiger partial charge in [-0.1, -0.05) is 13.0 Å². The number of hydrogen-bond donors (Lipinski definition) is 2. The Kier molecular flexibility index (Phi) is 5.83. The lowest BCUT2D eigenvalue weighted by Gasteiger charge is -2.14. The number of methoxy groups -OCH3 is 1. The van der Waals surface area contributed by atoms with E-state index in [0.717, 1.165) is 5.56 Å². The molecule has 1 aromatic carbocycles. The summed E-state index contributed by atoms with van der Waals surface area (Å²) < 4.78 is 10.5. The number of carboxylic acids is 1. The third kappa shape index (κ3) is 4.46. The Morgan fingerprint density at radius 3 is 2.60 bits per heavy atom. The quantitative estimate of drug-likeness (QED) is 0.788. The summed E-state index contributed by atoms with van der Waals surface area (Å²) >= 11 is 0. The van der Waals surface area contributed by atoms with Crippen molar-refractivity contribution in [3.05, 3.63) is 23.8 Å². The molecule has 1 rings (SSSR count). The van der Waals surface area contributed by atoms with Gasteiger partial charge in [0.15, 0.2) is 18.1 Å². The number of aliphatic carboxylic acids is 1. The van der Waals surface area contributed by atoms with Gasteiger partial charge in [0.1, 0.15) is 6.04 Å². The monoisotopic (exact) mass is 281 g/mol. The Hall–Kier alpha value is -2.24. The van der Waals surface area contributed by atoms with Crippen LogP contribution in [0.5, 0.6) is 11.5 Å². The van der Waals surface area contributed by atoms with Crippen molar-refractivity contribution in [1.82, 2.24) is 5.32 Å². The number of ether oxygens (including phenoxy) is 2. The average Bonchev–Trinajstić information content (AvgIpc) is 2.42. The zero-order valence-electron chi connectivity index (χ0n) is 11.8. The Bertz CT molecular complexity index is 486. The zero-order chi connectivity index (χ0) is 15.1. The SMILES string of the molecule is CC[C@@H](NC(=O)COc1ccc(C)cc1OC)C(=O)O. The molecule has 0 aliphatic rings. The second-order valence-corrected chi connectivity index (χ2v) is 4.31. The molecule has 0 saturated heterocycles. The van der Waals surface area contributed by atoms with Gasteiger partial charge in [0.05, 0.1) is 7.11 Å². The van der Waals surface area contributed by atoms with Gasteiger partial charge in [-0.15, -0.1) is 0 Å².